The summed E-state index contributed by atoms with van der Waals surface area (Å²) < 4.78 is 8.48. The van der Waals surface area contributed by atoms with Crippen LogP contribution in [0.25, 0.3) is 0 Å². The Balaban J connectivity index is 1.37. The molecule has 3 aromatic carbocycles. The van der Waals surface area contributed by atoms with E-state index in [1.807, 2.05) is 42.6 Å². The number of nitrogens with zero attached hydrogens (tertiary/aromatic N) is 3. The molecule has 1 aliphatic rings. The van der Waals surface area contributed by atoms with Gasteiger partial charge in [0.25, 0.3) is 0 Å². The van der Waals surface area contributed by atoms with Crippen LogP contribution in [0.2, 0.25) is 0 Å². The molecular weight excluding hydrogens is 512 g/mol. The maximum Gasteiger partial charge on any atom is 0.174 e. The van der Waals surface area contributed by atoms with Crippen molar-refractivity contribution < 1.29 is 4.74 Å². The van der Waals surface area contributed by atoms with Crippen molar-refractivity contribution in [1.29, 1.82) is 0 Å². The van der Waals surface area contributed by atoms with E-state index < -0.39 is 0 Å². The Labute approximate surface area is 241 Å². The summed E-state index contributed by atoms with van der Waals surface area (Å²) in [6, 6.07) is 35.0. The molecule has 0 bridgehead atoms. The summed E-state index contributed by atoms with van der Waals surface area (Å²) in [6.45, 7) is 7.28. The molecule has 6 rings (SSSR count). The predicted octanol–water partition coefficient (Wildman–Crippen LogP) is 7.83. The van der Waals surface area contributed by atoms with Crippen molar-refractivity contribution in [1.82, 2.24) is 14.9 Å². The van der Waals surface area contributed by atoms with Gasteiger partial charge in [0.15, 0.2) is 5.11 Å². The van der Waals surface area contributed by atoms with Crippen LogP contribution in [0.1, 0.15) is 45.9 Å². The van der Waals surface area contributed by atoms with Crippen molar-refractivity contribution >= 4 is 23.0 Å². The molecule has 5 aromatic rings. The predicted molar refractivity (Wildman–Crippen MR) is 165 cm³/mol. The van der Waals surface area contributed by atoms with Crippen LogP contribution >= 0.6 is 12.2 Å². The largest absolute Gasteiger partial charge is 0.457 e. The van der Waals surface area contributed by atoms with Crippen LogP contribution in [0.3, 0.4) is 0 Å². The molecule has 0 radical (unpaired) electrons. The smallest absolute Gasteiger partial charge is 0.174 e. The van der Waals surface area contributed by atoms with Gasteiger partial charge in [-0.25, -0.2) is 0 Å². The average Bonchev–Trinajstić information content (AvgIpc) is 3.46. The molecule has 200 valence electrons. The molecule has 0 unspecified atom stereocenters. The Hall–Kier alpha value is -4.42. The van der Waals surface area contributed by atoms with Gasteiger partial charge in [-0.15, -0.1) is 0 Å². The Morgan fingerprint density at radius 1 is 0.825 bits per heavy atom. The monoisotopic (exact) mass is 544 g/mol. The van der Waals surface area contributed by atoms with Gasteiger partial charge >= 0.3 is 0 Å². The molecule has 2 aromatic heterocycles. The number of aryl methyl sites for hydroxylation is 2. The maximum absolute atomic E-state index is 6.09. The third-order valence-electron chi connectivity index (χ3n) is 7.58. The quantitative estimate of drug-likeness (QED) is 0.212. The zero-order valence-electron chi connectivity index (χ0n) is 22.9. The van der Waals surface area contributed by atoms with Crippen LogP contribution in [-0.2, 0) is 6.54 Å². The van der Waals surface area contributed by atoms with Crippen LogP contribution < -0.4 is 15.0 Å². The number of hydrogen-bond donors (Lipinski definition) is 1. The normalized spacial score (nSPS) is 16.7. The second kappa shape index (κ2) is 11.0. The third kappa shape index (κ3) is 5.10. The highest BCUT2D eigenvalue weighted by atomic mass is 32.1. The van der Waals surface area contributed by atoms with Gasteiger partial charge < -0.3 is 19.5 Å². The van der Waals surface area contributed by atoms with E-state index in [2.05, 4.69) is 102 Å². The molecular formula is C34H32N4OS. The maximum atomic E-state index is 6.09. The topological polar surface area (TPSA) is 42.3 Å². The van der Waals surface area contributed by atoms with Gasteiger partial charge in [0.05, 0.1) is 17.8 Å². The van der Waals surface area contributed by atoms with Crippen LogP contribution in [-0.4, -0.2) is 14.7 Å². The molecule has 0 spiro atoms. The zero-order chi connectivity index (χ0) is 27.6. The molecule has 5 nitrogen and oxygen atoms in total. The summed E-state index contributed by atoms with van der Waals surface area (Å²) in [7, 11) is 0. The number of anilines is 1. The Kier molecular flexibility index (Phi) is 7.10. The van der Waals surface area contributed by atoms with Crippen molar-refractivity contribution in [3.05, 3.63) is 143 Å². The Morgan fingerprint density at radius 3 is 2.17 bits per heavy atom. The molecule has 1 saturated heterocycles. The van der Waals surface area contributed by atoms with Crippen molar-refractivity contribution in [3.8, 4) is 11.5 Å². The van der Waals surface area contributed by atoms with Gasteiger partial charge in [0.2, 0.25) is 0 Å². The third-order valence-corrected chi connectivity index (χ3v) is 7.90. The first-order chi connectivity index (χ1) is 19.5. The first-order valence-electron chi connectivity index (χ1n) is 13.5. The lowest BCUT2D eigenvalue weighted by atomic mass is 9.96. The van der Waals surface area contributed by atoms with E-state index in [9.17, 15) is 0 Å². The fourth-order valence-electron chi connectivity index (χ4n) is 5.50. The van der Waals surface area contributed by atoms with Crippen LogP contribution in [0.15, 0.2) is 109 Å². The molecule has 6 heteroatoms. The molecule has 1 aliphatic heterocycles. The molecule has 3 heterocycles. The molecule has 1 N–H and O–H groups in total. The van der Waals surface area contributed by atoms with Gasteiger partial charge in [-0.2, -0.15) is 0 Å². The van der Waals surface area contributed by atoms with E-state index in [1.165, 1.54) is 28.1 Å². The number of pyridine rings is 1. The van der Waals surface area contributed by atoms with E-state index in [4.69, 9.17) is 21.9 Å². The number of ether oxygens (including phenoxy) is 1. The molecule has 0 aliphatic carbocycles. The minimum atomic E-state index is -0.0946. The van der Waals surface area contributed by atoms with Crippen LogP contribution in [0.5, 0.6) is 11.5 Å². The Morgan fingerprint density at radius 2 is 1.50 bits per heavy atom. The number of benzene rings is 3. The second-order valence-corrected chi connectivity index (χ2v) is 10.7. The summed E-state index contributed by atoms with van der Waals surface area (Å²) >= 11 is 5.96. The molecule has 1 fully saturated rings. The van der Waals surface area contributed by atoms with Crippen LogP contribution in [0, 0.1) is 20.8 Å². The molecule has 2 atom stereocenters. The highest BCUT2D eigenvalue weighted by Crippen LogP contribution is 2.43. The lowest BCUT2D eigenvalue weighted by molar-refractivity contribution is 0.482. The number of thiocarbonyl (C=S) groups is 1. The average molecular weight is 545 g/mol. The summed E-state index contributed by atoms with van der Waals surface area (Å²) in [5.74, 6) is 1.60. The number of aromatic nitrogens is 2. The Bertz CT molecular complexity index is 1610. The fraction of sp³-hybridized carbons (Fsp3) is 0.176. The molecule has 0 saturated carbocycles. The molecule has 0 amide bonds. The zero-order valence-corrected chi connectivity index (χ0v) is 23.7. The van der Waals surface area contributed by atoms with Gasteiger partial charge in [-0.05, 0) is 98.7 Å². The van der Waals surface area contributed by atoms with E-state index in [-0.39, 0.29) is 12.1 Å². The summed E-state index contributed by atoms with van der Waals surface area (Å²) in [5.41, 5.74) is 8.12. The first kappa shape index (κ1) is 25.8. The van der Waals surface area contributed by atoms with E-state index in [0.29, 0.717) is 5.11 Å². The minimum Gasteiger partial charge on any atom is -0.457 e. The van der Waals surface area contributed by atoms with Gasteiger partial charge in [0.1, 0.15) is 11.5 Å². The number of hydrogen-bond acceptors (Lipinski definition) is 3. The van der Waals surface area contributed by atoms with Gasteiger partial charge in [0, 0.05) is 29.8 Å². The highest BCUT2D eigenvalue weighted by molar-refractivity contribution is 7.80. The van der Waals surface area contributed by atoms with E-state index in [1.54, 1.807) is 0 Å². The standard InChI is InChI=1S/C34H32N4OS/c1-23-12-16-28(17-13-23)39-29-18-14-27(15-19-29)38-33(32(36-34(38)40)31-11-7-8-20-35-31)30-21-24(2)37(25(30)3)22-26-9-5-4-6-10-26/h4-21,32-33H,22H2,1-3H3,(H,36,40)/t32-,33+/m0/s1. The summed E-state index contributed by atoms with van der Waals surface area (Å²) in [4.78, 5) is 6.94. The lowest BCUT2D eigenvalue weighted by Crippen LogP contribution is -2.29. The van der Waals surface area contributed by atoms with Crippen molar-refractivity contribution in [2.75, 3.05) is 4.90 Å². The number of nitrogens with one attached hydrogen (secondary N) is 1. The molecule has 40 heavy (non-hydrogen) atoms. The summed E-state index contributed by atoms with van der Waals surface area (Å²) in [6.07, 6.45) is 1.84. The van der Waals surface area contributed by atoms with Crippen molar-refractivity contribution in [3.63, 3.8) is 0 Å². The summed E-state index contributed by atoms with van der Waals surface area (Å²) in [5, 5.41) is 4.27. The highest BCUT2D eigenvalue weighted by Gasteiger charge is 2.42. The fourth-order valence-corrected chi connectivity index (χ4v) is 5.85. The van der Waals surface area contributed by atoms with Crippen LogP contribution in [0.4, 0.5) is 5.69 Å². The second-order valence-electron chi connectivity index (χ2n) is 10.3. The minimum absolute atomic E-state index is 0.0676. The van der Waals surface area contributed by atoms with Crippen molar-refractivity contribution in [2.45, 2.75) is 39.4 Å². The van der Waals surface area contributed by atoms with Crippen molar-refractivity contribution in [2.24, 2.45) is 0 Å². The van der Waals surface area contributed by atoms with Gasteiger partial charge in [-0.1, -0.05) is 54.1 Å². The first-order valence-corrected chi connectivity index (χ1v) is 13.9. The lowest BCUT2D eigenvalue weighted by Gasteiger charge is -2.28. The number of rotatable bonds is 7. The van der Waals surface area contributed by atoms with E-state index in [0.717, 1.165) is 29.4 Å². The van der Waals surface area contributed by atoms with E-state index >= 15 is 0 Å². The van der Waals surface area contributed by atoms with Gasteiger partial charge in [-0.3, -0.25) is 4.98 Å². The SMILES string of the molecule is Cc1ccc(Oc2ccc(N3C(=S)N[C@@H](c4ccccn4)[C@H]3c3cc(C)n(Cc4ccccc4)c3C)cc2)cc1.